The van der Waals surface area contributed by atoms with Crippen LogP contribution >= 0.6 is 0 Å². The average molecular weight is 369 g/mol. The molecule has 0 unspecified atom stereocenters. The van der Waals surface area contributed by atoms with Gasteiger partial charge in [-0.1, -0.05) is 51.9 Å². The van der Waals surface area contributed by atoms with Gasteiger partial charge in [0.25, 0.3) is 0 Å². The molecule has 0 aromatic carbocycles. The molecule has 0 atom stereocenters. The molecule has 0 spiro atoms. The van der Waals surface area contributed by atoms with Crippen molar-refractivity contribution in [1.82, 2.24) is 0 Å². The van der Waals surface area contributed by atoms with Crippen molar-refractivity contribution in [3.63, 3.8) is 0 Å². The van der Waals surface area contributed by atoms with Crippen LogP contribution in [0.3, 0.4) is 0 Å². The van der Waals surface area contributed by atoms with Crippen molar-refractivity contribution >= 4 is 9.05 Å². The predicted molar refractivity (Wildman–Crippen MR) is 92.4 cm³/mol. The highest BCUT2D eigenvalue weighted by atomic mass is 28.4. The lowest BCUT2D eigenvalue weighted by molar-refractivity contribution is -0.385. The van der Waals surface area contributed by atoms with E-state index in [4.69, 9.17) is 32.8 Å². The van der Waals surface area contributed by atoms with E-state index in [0.717, 1.165) is 12.8 Å². The molecule has 0 amide bonds. The highest BCUT2D eigenvalue weighted by Crippen LogP contribution is 2.16. The third-order valence-corrected chi connectivity index (χ3v) is 4.64. The molecule has 0 aliphatic carbocycles. The van der Waals surface area contributed by atoms with E-state index in [0.29, 0.717) is 26.4 Å². The topological polar surface area (TPSA) is 64.6 Å². The lowest BCUT2D eigenvalue weighted by Gasteiger charge is -2.23. The smallest absolute Gasteiger partial charge is 0.347 e. The number of rotatable bonds is 19. The molecular formula is C16H36O7Si. The van der Waals surface area contributed by atoms with Gasteiger partial charge in [-0.3, -0.25) is 0 Å². The van der Waals surface area contributed by atoms with E-state index in [1.165, 1.54) is 38.5 Å². The van der Waals surface area contributed by atoms with Crippen molar-refractivity contribution in [1.29, 1.82) is 0 Å². The van der Waals surface area contributed by atoms with Crippen LogP contribution < -0.4 is 0 Å². The van der Waals surface area contributed by atoms with Gasteiger partial charge in [0.15, 0.2) is 0 Å². The SMILES string of the molecule is CCCCCCCCCCO[Si](OOCC)(OOCC)OOCC. The van der Waals surface area contributed by atoms with E-state index in [9.17, 15) is 0 Å². The molecule has 0 aromatic heterocycles. The molecule has 0 aliphatic rings. The van der Waals surface area contributed by atoms with Gasteiger partial charge in [0.2, 0.25) is 0 Å². The first-order valence-corrected chi connectivity index (χ1v) is 10.9. The lowest BCUT2D eigenvalue weighted by Crippen LogP contribution is -2.49. The quantitative estimate of drug-likeness (QED) is 0.144. The van der Waals surface area contributed by atoms with Crippen LogP contribution in [0.1, 0.15) is 79.1 Å². The highest BCUT2D eigenvalue weighted by Gasteiger charge is 2.52. The van der Waals surface area contributed by atoms with Gasteiger partial charge in [-0.25, -0.2) is 14.7 Å². The fourth-order valence-electron chi connectivity index (χ4n) is 1.94. The molecule has 24 heavy (non-hydrogen) atoms. The Morgan fingerprint density at radius 2 is 0.958 bits per heavy atom. The average Bonchev–Trinajstić information content (AvgIpc) is 2.61. The third kappa shape index (κ3) is 13.3. The van der Waals surface area contributed by atoms with Crippen LogP contribution in [0.2, 0.25) is 0 Å². The lowest BCUT2D eigenvalue weighted by atomic mass is 10.1. The normalized spacial score (nSPS) is 12.0. The molecule has 0 bridgehead atoms. The summed E-state index contributed by atoms with van der Waals surface area (Å²) in [6.45, 7) is 9.04. The molecular weight excluding hydrogens is 332 g/mol. The molecule has 8 heteroatoms. The first-order chi connectivity index (χ1) is 11.7. The molecule has 0 heterocycles. The van der Waals surface area contributed by atoms with Crippen LogP contribution in [0.25, 0.3) is 0 Å². The zero-order chi connectivity index (χ0) is 17.9. The van der Waals surface area contributed by atoms with Crippen molar-refractivity contribution in [2.75, 3.05) is 26.4 Å². The standard InChI is InChI=1S/C16H36O7Si/c1-5-9-10-11-12-13-14-15-16-20-24(21-17-6-2,22-18-7-3)23-19-8-4/h5-16H2,1-4H3. The Balaban J connectivity index is 4.07. The fourth-order valence-corrected chi connectivity index (χ4v) is 3.35. The summed E-state index contributed by atoms with van der Waals surface area (Å²) in [4.78, 5) is 14.9. The van der Waals surface area contributed by atoms with Crippen molar-refractivity contribution in [3.05, 3.63) is 0 Å². The summed E-state index contributed by atoms with van der Waals surface area (Å²) < 4.78 is 21.2. The summed E-state index contributed by atoms with van der Waals surface area (Å²) in [5, 5.41) is 0. The zero-order valence-electron chi connectivity index (χ0n) is 15.8. The Morgan fingerprint density at radius 1 is 0.542 bits per heavy atom. The Kier molecular flexibility index (Phi) is 17.7. The first kappa shape index (κ1) is 23.9. The molecule has 7 nitrogen and oxygen atoms in total. The monoisotopic (exact) mass is 368 g/mol. The van der Waals surface area contributed by atoms with Gasteiger partial charge in [-0.2, -0.15) is 13.7 Å². The highest BCUT2D eigenvalue weighted by molar-refractivity contribution is 6.52. The molecule has 0 aliphatic heterocycles. The second-order valence-electron chi connectivity index (χ2n) is 5.29. The third-order valence-electron chi connectivity index (χ3n) is 3.11. The van der Waals surface area contributed by atoms with Gasteiger partial charge in [-0.05, 0) is 27.2 Å². The molecule has 0 fully saturated rings. The van der Waals surface area contributed by atoms with E-state index in [1.54, 1.807) is 20.8 Å². The molecule has 0 rings (SSSR count). The molecule has 0 aromatic rings. The second-order valence-corrected chi connectivity index (χ2v) is 7.08. The van der Waals surface area contributed by atoms with Crippen LogP contribution in [0.15, 0.2) is 0 Å². The maximum Gasteiger partial charge on any atom is 0.764 e. The van der Waals surface area contributed by atoms with E-state index in [2.05, 4.69) is 6.92 Å². The summed E-state index contributed by atoms with van der Waals surface area (Å²) in [5.41, 5.74) is 0. The first-order valence-electron chi connectivity index (χ1n) is 9.30. The predicted octanol–water partition coefficient (Wildman–Crippen LogP) is 4.48. The van der Waals surface area contributed by atoms with Crippen molar-refractivity contribution in [3.8, 4) is 0 Å². The van der Waals surface area contributed by atoms with Crippen molar-refractivity contribution in [2.24, 2.45) is 0 Å². The summed E-state index contributed by atoms with van der Waals surface area (Å²) in [6, 6.07) is 0. The van der Waals surface area contributed by atoms with Gasteiger partial charge in [0, 0.05) is 6.61 Å². The van der Waals surface area contributed by atoms with Crippen LogP contribution in [0.5, 0.6) is 0 Å². The van der Waals surface area contributed by atoms with E-state index in [-0.39, 0.29) is 0 Å². The van der Waals surface area contributed by atoms with Crippen LogP contribution in [-0.4, -0.2) is 35.5 Å². The van der Waals surface area contributed by atoms with E-state index in [1.807, 2.05) is 0 Å². The maximum atomic E-state index is 5.68. The summed E-state index contributed by atoms with van der Waals surface area (Å²) >= 11 is 0. The minimum atomic E-state index is -3.61. The number of hydrogen-bond acceptors (Lipinski definition) is 7. The van der Waals surface area contributed by atoms with Crippen molar-refractivity contribution in [2.45, 2.75) is 79.1 Å². The molecule has 0 saturated carbocycles. The number of hydrogen-bond donors (Lipinski definition) is 0. The van der Waals surface area contributed by atoms with Crippen molar-refractivity contribution < 1.29 is 32.8 Å². The Morgan fingerprint density at radius 3 is 1.38 bits per heavy atom. The zero-order valence-corrected chi connectivity index (χ0v) is 16.8. The van der Waals surface area contributed by atoms with Crippen LogP contribution in [0, 0.1) is 0 Å². The molecule has 0 N–H and O–H groups in total. The van der Waals surface area contributed by atoms with E-state index >= 15 is 0 Å². The summed E-state index contributed by atoms with van der Waals surface area (Å²) in [6.07, 6.45) is 9.69. The van der Waals surface area contributed by atoms with Crippen LogP contribution in [0.4, 0.5) is 0 Å². The van der Waals surface area contributed by atoms with Gasteiger partial charge in [0.05, 0.1) is 19.8 Å². The van der Waals surface area contributed by atoms with Crippen LogP contribution in [-0.2, 0) is 32.8 Å². The summed E-state index contributed by atoms with van der Waals surface area (Å²) in [7, 11) is -3.61. The Labute approximate surface area is 148 Å². The number of unbranched alkanes of at least 4 members (excludes halogenated alkanes) is 7. The fraction of sp³-hybridized carbons (Fsp3) is 1.00. The van der Waals surface area contributed by atoms with Gasteiger partial charge in [-0.15, -0.1) is 0 Å². The molecule has 0 saturated heterocycles. The minimum Gasteiger partial charge on any atom is -0.347 e. The maximum absolute atomic E-state index is 5.68. The Bertz CT molecular complexity index is 235. The van der Waals surface area contributed by atoms with E-state index < -0.39 is 9.05 Å². The second kappa shape index (κ2) is 17.8. The van der Waals surface area contributed by atoms with Gasteiger partial charge in [0.1, 0.15) is 0 Å². The van der Waals surface area contributed by atoms with Gasteiger partial charge >= 0.3 is 9.05 Å². The molecule has 0 radical (unpaired) electrons. The minimum absolute atomic E-state index is 0.334. The summed E-state index contributed by atoms with van der Waals surface area (Å²) in [5.74, 6) is 0. The Hall–Kier alpha value is -0.0631. The largest absolute Gasteiger partial charge is 0.764 e. The molecule has 146 valence electrons. The van der Waals surface area contributed by atoms with Gasteiger partial charge < -0.3 is 4.43 Å².